The Balaban J connectivity index is 1.69. The summed E-state index contributed by atoms with van der Waals surface area (Å²) in [4.78, 5) is 24.7. The Morgan fingerprint density at radius 2 is 1.88 bits per heavy atom. The summed E-state index contributed by atoms with van der Waals surface area (Å²) in [5, 5.41) is 0. The quantitative estimate of drug-likeness (QED) is 0.290. The molecule has 2 aliphatic carbocycles. The zero-order valence-corrected chi connectivity index (χ0v) is 16.4. The van der Waals surface area contributed by atoms with Gasteiger partial charge in [-0.2, -0.15) is 0 Å². The van der Waals surface area contributed by atoms with Crippen LogP contribution in [0, 0.1) is 16.7 Å². The standard InChI is InChI=1S/C23H30O3/c1-5-6-7-8-20(24)26-17-11-9-16(10-12-17)15-18-19-13-14-23(4,21(18)25)22(19,2)3/h9-12,15,19H,5-8,13-14H2,1-4H3. The molecule has 140 valence electrons. The molecule has 0 radical (unpaired) electrons. The third kappa shape index (κ3) is 3.13. The maximum absolute atomic E-state index is 12.9. The number of hydrogen-bond acceptors (Lipinski definition) is 3. The zero-order valence-electron chi connectivity index (χ0n) is 16.4. The smallest absolute Gasteiger partial charge is 0.311 e. The van der Waals surface area contributed by atoms with E-state index in [9.17, 15) is 9.59 Å². The molecule has 2 unspecified atom stereocenters. The van der Waals surface area contributed by atoms with E-state index in [2.05, 4.69) is 27.7 Å². The van der Waals surface area contributed by atoms with Crippen LogP contribution in [0.25, 0.3) is 6.08 Å². The van der Waals surface area contributed by atoms with E-state index < -0.39 is 0 Å². The van der Waals surface area contributed by atoms with Crippen molar-refractivity contribution in [3.8, 4) is 5.75 Å². The van der Waals surface area contributed by atoms with Crippen LogP contribution in [0.2, 0.25) is 0 Å². The van der Waals surface area contributed by atoms with Crippen molar-refractivity contribution in [1.29, 1.82) is 0 Å². The topological polar surface area (TPSA) is 43.4 Å². The molecule has 0 amide bonds. The number of fused-ring (bicyclic) bond motifs is 2. The Bertz CT molecular complexity index is 726. The molecule has 0 aliphatic heterocycles. The second kappa shape index (κ2) is 7.02. The normalized spacial score (nSPS) is 27.9. The first kappa shape index (κ1) is 18.9. The van der Waals surface area contributed by atoms with E-state index in [-0.39, 0.29) is 16.8 Å². The monoisotopic (exact) mass is 354 g/mol. The second-order valence-corrected chi connectivity index (χ2v) is 8.57. The number of carbonyl (C=O) groups excluding carboxylic acids is 2. The Morgan fingerprint density at radius 3 is 2.46 bits per heavy atom. The van der Waals surface area contributed by atoms with Crippen LogP contribution >= 0.6 is 0 Å². The molecule has 1 aromatic carbocycles. The van der Waals surface area contributed by atoms with Crippen LogP contribution < -0.4 is 4.74 Å². The van der Waals surface area contributed by atoms with Crippen LogP contribution in [0.1, 0.15) is 71.8 Å². The highest BCUT2D eigenvalue weighted by Crippen LogP contribution is 2.65. The fourth-order valence-corrected chi connectivity index (χ4v) is 4.61. The number of ether oxygens (including phenoxy) is 1. The van der Waals surface area contributed by atoms with Crippen molar-refractivity contribution in [2.45, 2.75) is 66.2 Å². The summed E-state index contributed by atoms with van der Waals surface area (Å²) in [6, 6.07) is 7.48. The van der Waals surface area contributed by atoms with E-state index in [1.807, 2.05) is 30.3 Å². The largest absolute Gasteiger partial charge is 0.427 e. The van der Waals surface area contributed by atoms with Gasteiger partial charge in [0.05, 0.1) is 0 Å². The van der Waals surface area contributed by atoms with Gasteiger partial charge < -0.3 is 4.74 Å². The van der Waals surface area contributed by atoms with E-state index in [1.165, 1.54) is 0 Å². The summed E-state index contributed by atoms with van der Waals surface area (Å²) < 4.78 is 5.38. The van der Waals surface area contributed by atoms with Crippen molar-refractivity contribution >= 4 is 17.8 Å². The third-order valence-electron chi connectivity index (χ3n) is 6.78. The molecule has 2 bridgehead atoms. The van der Waals surface area contributed by atoms with Gasteiger partial charge in [0.15, 0.2) is 5.78 Å². The minimum atomic E-state index is -0.225. The SMILES string of the molecule is CCCCCC(=O)Oc1ccc(C=C2C(=O)C3(C)CCC2C3(C)C)cc1. The molecule has 3 nitrogen and oxygen atoms in total. The number of carbonyl (C=O) groups is 2. The molecule has 3 rings (SSSR count). The second-order valence-electron chi connectivity index (χ2n) is 8.57. The number of hydrogen-bond donors (Lipinski definition) is 0. The molecule has 0 spiro atoms. The molecular formula is C23H30O3. The first-order valence-electron chi connectivity index (χ1n) is 9.87. The fraction of sp³-hybridized carbons (Fsp3) is 0.565. The Hall–Kier alpha value is -1.90. The summed E-state index contributed by atoms with van der Waals surface area (Å²) >= 11 is 0. The van der Waals surface area contributed by atoms with Gasteiger partial charge in [-0.25, -0.2) is 0 Å². The lowest BCUT2D eigenvalue weighted by Gasteiger charge is -2.31. The molecule has 3 heteroatoms. The van der Waals surface area contributed by atoms with Gasteiger partial charge in [0.2, 0.25) is 0 Å². The van der Waals surface area contributed by atoms with Crippen molar-refractivity contribution in [3.05, 3.63) is 35.4 Å². The molecule has 0 aromatic heterocycles. The molecule has 2 aliphatic rings. The van der Waals surface area contributed by atoms with Crippen LogP contribution in [-0.2, 0) is 9.59 Å². The molecule has 0 saturated heterocycles. The van der Waals surface area contributed by atoms with E-state index in [0.29, 0.717) is 23.9 Å². The van der Waals surface area contributed by atoms with Crippen molar-refractivity contribution in [2.75, 3.05) is 0 Å². The summed E-state index contributed by atoms with van der Waals surface area (Å²) in [7, 11) is 0. The number of allylic oxidation sites excluding steroid dienone is 1. The summed E-state index contributed by atoms with van der Waals surface area (Å²) in [6.45, 7) is 8.69. The Morgan fingerprint density at radius 1 is 1.19 bits per heavy atom. The van der Waals surface area contributed by atoms with Crippen LogP contribution in [0.3, 0.4) is 0 Å². The van der Waals surface area contributed by atoms with Crippen molar-refractivity contribution in [2.24, 2.45) is 16.7 Å². The van der Waals surface area contributed by atoms with Crippen LogP contribution in [0.4, 0.5) is 0 Å². The van der Waals surface area contributed by atoms with E-state index in [4.69, 9.17) is 4.74 Å². The van der Waals surface area contributed by atoms with Crippen molar-refractivity contribution in [1.82, 2.24) is 0 Å². The molecule has 0 heterocycles. The van der Waals surface area contributed by atoms with Gasteiger partial charge in [-0.05, 0) is 59.9 Å². The van der Waals surface area contributed by atoms with E-state index in [0.717, 1.165) is 43.2 Å². The minimum Gasteiger partial charge on any atom is -0.427 e. The molecule has 26 heavy (non-hydrogen) atoms. The first-order chi connectivity index (χ1) is 12.3. The minimum absolute atomic E-state index is 0.0316. The summed E-state index contributed by atoms with van der Waals surface area (Å²) in [5.41, 5.74) is 1.76. The van der Waals surface area contributed by atoms with Gasteiger partial charge in [-0.15, -0.1) is 0 Å². The lowest BCUT2D eigenvalue weighted by atomic mass is 9.70. The van der Waals surface area contributed by atoms with Crippen LogP contribution in [0.15, 0.2) is 29.8 Å². The van der Waals surface area contributed by atoms with E-state index in [1.54, 1.807) is 0 Å². The molecule has 1 aromatic rings. The predicted molar refractivity (Wildman–Crippen MR) is 104 cm³/mol. The van der Waals surface area contributed by atoms with Gasteiger partial charge in [0.25, 0.3) is 0 Å². The van der Waals surface area contributed by atoms with Gasteiger partial charge in [-0.1, -0.05) is 52.7 Å². The number of Topliss-reactive ketones (excluding diaryl/α,β-unsaturated/α-hetero) is 1. The predicted octanol–water partition coefficient (Wildman–Crippen LogP) is 5.58. The molecule has 2 atom stereocenters. The number of unbranched alkanes of at least 4 members (excludes halogenated alkanes) is 2. The van der Waals surface area contributed by atoms with Crippen LogP contribution in [0.5, 0.6) is 5.75 Å². The lowest BCUT2D eigenvalue weighted by molar-refractivity contribution is -0.134. The van der Waals surface area contributed by atoms with Gasteiger partial charge in [-0.3, -0.25) is 9.59 Å². The van der Waals surface area contributed by atoms with Crippen molar-refractivity contribution < 1.29 is 14.3 Å². The number of esters is 1. The molecule has 2 saturated carbocycles. The number of ketones is 1. The average Bonchev–Trinajstić information content (AvgIpc) is 2.91. The summed E-state index contributed by atoms with van der Waals surface area (Å²) in [5.74, 6) is 1.05. The van der Waals surface area contributed by atoms with Crippen molar-refractivity contribution in [3.63, 3.8) is 0 Å². The van der Waals surface area contributed by atoms with Gasteiger partial charge in [0, 0.05) is 11.8 Å². The molecule has 0 N–H and O–H groups in total. The highest BCUT2D eigenvalue weighted by molar-refractivity contribution is 6.07. The maximum atomic E-state index is 12.9. The average molecular weight is 354 g/mol. The highest BCUT2D eigenvalue weighted by atomic mass is 16.5. The Labute approximate surface area is 156 Å². The van der Waals surface area contributed by atoms with Crippen LogP contribution in [-0.4, -0.2) is 11.8 Å². The zero-order chi connectivity index (χ0) is 18.9. The number of rotatable bonds is 6. The molecule has 2 fully saturated rings. The number of benzene rings is 1. The van der Waals surface area contributed by atoms with Gasteiger partial charge >= 0.3 is 5.97 Å². The highest BCUT2D eigenvalue weighted by Gasteiger charge is 2.63. The summed E-state index contributed by atoms with van der Waals surface area (Å²) in [6.07, 6.45) is 7.59. The maximum Gasteiger partial charge on any atom is 0.311 e. The molecular weight excluding hydrogens is 324 g/mol. The van der Waals surface area contributed by atoms with E-state index >= 15 is 0 Å². The van der Waals surface area contributed by atoms with Gasteiger partial charge in [0.1, 0.15) is 5.75 Å². The third-order valence-corrected chi connectivity index (χ3v) is 6.78. The lowest BCUT2D eigenvalue weighted by Crippen LogP contribution is -2.32. The fourth-order valence-electron chi connectivity index (χ4n) is 4.61. The first-order valence-corrected chi connectivity index (χ1v) is 9.87. The Kier molecular flexibility index (Phi) is 5.09.